The summed E-state index contributed by atoms with van der Waals surface area (Å²) < 4.78 is 21.4. The van der Waals surface area contributed by atoms with Gasteiger partial charge in [-0.3, -0.25) is 4.79 Å². The van der Waals surface area contributed by atoms with Gasteiger partial charge in [-0.2, -0.15) is 0 Å². The maximum absolute atomic E-state index is 14.0. The number of carbonyl (C=O) groups is 1. The molecule has 0 heterocycles. The number of carbonyl (C=O) groups excluding carboxylic acids is 1. The minimum Gasteiger partial charge on any atom is -0.415 e. The van der Waals surface area contributed by atoms with Crippen molar-refractivity contribution in [2.24, 2.45) is 0 Å². The smallest absolute Gasteiger partial charge is 0.249 e. The fourth-order valence-electron chi connectivity index (χ4n) is 8.32. The van der Waals surface area contributed by atoms with Crippen LogP contribution in [0.25, 0.3) is 0 Å². The molecular formula is C60H125NO5Si3. The summed E-state index contributed by atoms with van der Waals surface area (Å²) in [5.74, 6) is -0.312. The molecule has 0 aliphatic heterocycles. The predicted octanol–water partition coefficient (Wildman–Crippen LogP) is 19.7. The number of nitrogens with one attached hydrogen (secondary N) is 1. The van der Waals surface area contributed by atoms with Gasteiger partial charge in [0, 0.05) is 0 Å². The third-order valence-corrected chi connectivity index (χ3v) is 30.1. The highest BCUT2D eigenvalue weighted by Crippen LogP contribution is 2.40. The van der Waals surface area contributed by atoms with Crippen molar-refractivity contribution in [2.75, 3.05) is 6.61 Å². The molecule has 2 N–H and O–H groups in total. The fraction of sp³-hybridized carbons (Fsp3) is 0.950. The number of aliphatic hydroxyl groups excluding tert-OH is 1. The van der Waals surface area contributed by atoms with E-state index in [1.807, 2.05) is 0 Å². The molecule has 0 aromatic rings. The van der Waals surface area contributed by atoms with E-state index < -0.39 is 43.2 Å². The van der Waals surface area contributed by atoms with Crippen LogP contribution in [0.5, 0.6) is 0 Å². The molecular weight excluding hydrogens is 899 g/mol. The highest BCUT2D eigenvalue weighted by Gasteiger charge is 2.43. The monoisotopic (exact) mass is 1020 g/mol. The minimum absolute atomic E-state index is 0.00995. The van der Waals surface area contributed by atoms with Crippen LogP contribution in [-0.4, -0.2) is 66.9 Å². The highest BCUT2D eigenvalue weighted by molar-refractivity contribution is 6.75. The Labute approximate surface area is 436 Å². The topological polar surface area (TPSA) is 77.0 Å². The van der Waals surface area contributed by atoms with E-state index in [4.69, 9.17) is 13.3 Å². The van der Waals surface area contributed by atoms with E-state index in [2.05, 4.69) is 133 Å². The highest BCUT2D eigenvalue weighted by atomic mass is 28.4. The number of hydrogen-bond acceptors (Lipinski definition) is 5. The van der Waals surface area contributed by atoms with Gasteiger partial charge in [0.1, 0.15) is 6.10 Å². The molecule has 0 spiro atoms. The van der Waals surface area contributed by atoms with E-state index in [9.17, 15) is 9.90 Å². The molecule has 412 valence electrons. The number of rotatable bonds is 44. The van der Waals surface area contributed by atoms with E-state index in [0.717, 1.165) is 25.7 Å². The molecule has 0 radical (unpaired) electrons. The summed E-state index contributed by atoms with van der Waals surface area (Å²) in [4.78, 5) is 14.0. The van der Waals surface area contributed by atoms with Gasteiger partial charge < -0.3 is 23.7 Å². The van der Waals surface area contributed by atoms with Crippen LogP contribution in [-0.2, 0) is 18.1 Å². The molecule has 0 aliphatic carbocycles. The van der Waals surface area contributed by atoms with Crippen LogP contribution in [0, 0.1) is 0 Å². The van der Waals surface area contributed by atoms with E-state index >= 15 is 0 Å². The van der Waals surface area contributed by atoms with Crippen LogP contribution < -0.4 is 5.32 Å². The quantitative estimate of drug-likeness (QED) is 0.0361. The van der Waals surface area contributed by atoms with Gasteiger partial charge in [-0.1, -0.05) is 281 Å². The third kappa shape index (κ3) is 33.3. The predicted molar refractivity (Wildman–Crippen MR) is 313 cm³/mol. The molecule has 69 heavy (non-hydrogen) atoms. The fourth-order valence-corrected chi connectivity index (χ4v) is 11.9. The Balaban J connectivity index is 5.70. The van der Waals surface area contributed by atoms with Crippen LogP contribution in [0.3, 0.4) is 0 Å². The van der Waals surface area contributed by atoms with Crippen molar-refractivity contribution < 1.29 is 23.2 Å². The SMILES string of the molecule is CCCCCCCCCCCCCCCCCCCCCC[C@@H](O)C(=O)N[C@@H](CO[Si](C)(C)C(C)(C)C)[C@@H](/C=C/[C@@H](CCCCCCCCCCCC)O[Si](C)(C)C(C)(C)C)O[Si](C)(C)C(C)(C)C. The maximum Gasteiger partial charge on any atom is 0.249 e. The first-order chi connectivity index (χ1) is 32.2. The Morgan fingerprint density at radius 2 is 0.754 bits per heavy atom. The van der Waals surface area contributed by atoms with Gasteiger partial charge in [0.25, 0.3) is 0 Å². The lowest BCUT2D eigenvalue weighted by Gasteiger charge is -2.42. The van der Waals surface area contributed by atoms with Crippen molar-refractivity contribution in [3.05, 3.63) is 12.2 Å². The molecule has 0 saturated carbocycles. The number of unbranched alkanes of at least 4 members (excludes halogenated alkanes) is 28. The van der Waals surface area contributed by atoms with Crippen LogP contribution in [0.2, 0.25) is 54.4 Å². The zero-order valence-corrected chi connectivity index (χ0v) is 52.9. The first-order valence-corrected chi connectivity index (χ1v) is 38.6. The van der Waals surface area contributed by atoms with Gasteiger partial charge in [0.15, 0.2) is 25.0 Å². The molecule has 0 fully saturated rings. The van der Waals surface area contributed by atoms with Gasteiger partial charge in [0.2, 0.25) is 5.91 Å². The normalized spacial score (nSPS) is 15.2. The number of aliphatic hydroxyl groups is 1. The molecule has 6 nitrogen and oxygen atoms in total. The van der Waals surface area contributed by atoms with E-state index in [1.165, 1.54) is 173 Å². The molecule has 9 heteroatoms. The molecule has 0 aliphatic rings. The van der Waals surface area contributed by atoms with Gasteiger partial charge >= 0.3 is 0 Å². The molecule has 0 bridgehead atoms. The average molecular weight is 1020 g/mol. The Hall–Kier alpha value is -0.299. The second kappa shape index (κ2) is 37.4. The summed E-state index contributed by atoms with van der Waals surface area (Å²) in [6.45, 7) is 39.3. The summed E-state index contributed by atoms with van der Waals surface area (Å²) in [6, 6.07) is -0.451. The van der Waals surface area contributed by atoms with Gasteiger partial charge in [0.05, 0.1) is 24.9 Å². The number of hydrogen-bond donors (Lipinski definition) is 2. The molecule has 0 unspecified atom stereocenters. The Bertz CT molecular complexity index is 1270. The van der Waals surface area contributed by atoms with Crippen molar-refractivity contribution in [2.45, 2.75) is 360 Å². The lowest BCUT2D eigenvalue weighted by atomic mass is 10.0. The summed E-state index contributed by atoms with van der Waals surface area (Å²) >= 11 is 0. The van der Waals surface area contributed by atoms with E-state index in [0.29, 0.717) is 13.0 Å². The average Bonchev–Trinajstić information content (AvgIpc) is 3.24. The van der Waals surface area contributed by atoms with Crippen molar-refractivity contribution in [1.29, 1.82) is 0 Å². The second-order valence-corrected chi connectivity index (χ2v) is 40.6. The largest absolute Gasteiger partial charge is 0.415 e. The maximum atomic E-state index is 14.0. The Morgan fingerprint density at radius 3 is 1.09 bits per heavy atom. The zero-order chi connectivity index (χ0) is 52.5. The summed E-state index contributed by atoms with van der Waals surface area (Å²) in [6.07, 6.45) is 44.2. The zero-order valence-electron chi connectivity index (χ0n) is 49.9. The van der Waals surface area contributed by atoms with E-state index in [1.54, 1.807) is 0 Å². The number of amides is 1. The van der Waals surface area contributed by atoms with Crippen LogP contribution in [0.1, 0.15) is 282 Å². The Kier molecular flexibility index (Phi) is 37.3. The minimum atomic E-state index is -2.33. The molecule has 0 aromatic heterocycles. The summed E-state index contributed by atoms with van der Waals surface area (Å²) in [5.41, 5.74) is 0. The van der Waals surface area contributed by atoms with Crippen LogP contribution >= 0.6 is 0 Å². The molecule has 0 aromatic carbocycles. The van der Waals surface area contributed by atoms with Crippen molar-refractivity contribution >= 4 is 30.9 Å². The molecule has 0 saturated heterocycles. The molecule has 4 atom stereocenters. The standard InChI is InChI=1S/C60H125NO5Si3/c1-18-20-22-24-26-28-30-31-32-33-34-35-36-37-38-39-41-43-45-47-49-55(62)57(63)61-54(52-64-67(12,13)58(3,4)5)56(66-69(16,17)60(9,10)11)51-50-53(65-68(14,15)59(6,7)8)48-46-44-42-40-29-27-25-23-21-19-2/h50-51,53-56,62H,18-49,52H2,1-17H3,(H,61,63)/b51-50+/t53-,54+,55-,56-/m1/s1. The van der Waals surface area contributed by atoms with Gasteiger partial charge in [-0.15, -0.1) is 0 Å². The van der Waals surface area contributed by atoms with Crippen molar-refractivity contribution in [3.63, 3.8) is 0 Å². The van der Waals surface area contributed by atoms with Gasteiger partial charge in [-0.05, 0) is 67.2 Å². The molecule has 0 rings (SSSR count). The van der Waals surface area contributed by atoms with Gasteiger partial charge in [-0.25, -0.2) is 0 Å². The second-order valence-electron chi connectivity index (χ2n) is 26.3. The first-order valence-electron chi connectivity index (χ1n) is 29.9. The summed E-state index contributed by atoms with van der Waals surface area (Å²) in [7, 11) is -6.60. The summed E-state index contributed by atoms with van der Waals surface area (Å²) in [5, 5.41) is 14.7. The van der Waals surface area contributed by atoms with E-state index in [-0.39, 0.29) is 27.1 Å². The lowest BCUT2D eigenvalue weighted by molar-refractivity contribution is -0.131. The first kappa shape index (κ1) is 68.7. The lowest BCUT2D eigenvalue weighted by Crippen LogP contribution is -2.56. The Morgan fingerprint density at radius 1 is 0.449 bits per heavy atom. The van der Waals surface area contributed by atoms with Crippen LogP contribution in [0.15, 0.2) is 12.2 Å². The van der Waals surface area contributed by atoms with Crippen LogP contribution in [0.4, 0.5) is 0 Å². The molecule has 1 amide bonds. The van der Waals surface area contributed by atoms with Crippen molar-refractivity contribution in [1.82, 2.24) is 5.32 Å². The third-order valence-electron chi connectivity index (χ3n) is 16.6. The van der Waals surface area contributed by atoms with Crippen molar-refractivity contribution in [3.8, 4) is 0 Å².